The van der Waals surface area contributed by atoms with Gasteiger partial charge in [0.05, 0.1) is 13.2 Å². The van der Waals surface area contributed by atoms with E-state index in [1.807, 2.05) is 30.9 Å². The SMILES string of the molecule is CC(C)COC(=O)N1CCCN(Cc2ccc(CO)cc2)CC1. The maximum Gasteiger partial charge on any atom is 0.409 e. The van der Waals surface area contributed by atoms with Crippen molar-refractivity contribution in [1.82, 2.24) is 9.80 Å². The Morgan fingerprint density at radius 3 is 2.48 bits per heavy atom. The molecule has 0 atom stereocenters. The van der Waals surface area contributed by atoms with E-state index in [-0.39, 0.29) is 12.7 Å². The van der Waals surface area contributed by atoms with Gasteiger partial charge >= 0.3 is 6.09 Å². The molecule has 0 unspecified atom stereocenters. The van der Waals surface area contributed by atoms with E-state index in [4.69, 9.17) is 9.84 Å². The highest BCUT2D eigenvalue weighted by molar-refractivity contribution is 5.67. The molecular weight excluding hydrogens is 292 g/mol. The summed E-state index contributed by atoms with van der Waals surface area (Å²) in [6, 6.07) is 8.04. The monoisotopic (exact) mass is 320 g/mol. The molecule has 1 fully saturated rings. The van der Waals surface area contributed by atoms with E-state index in [1.165, 1.54) is 5.56 Å². The molecule has 1 aliphatic heterocycles. The molecule has 23 heavy (non-hydrogen) atoms. The van der Waals surface area contributed by atoms with Crippen LogP contribution in [0.1, 0.15) is 31.4 Å². The number of nitrogens with zero attached hydrogens (tertiary/aromatic N) is 2. The quantitative estimate of drug-likeness (QED) is 0.905. The molecule has 0 aromatic heterocycles. The van der Waals surface area contributed by atoms with E-state index in [0.717, 1.165) is 38.2 Å². The van der Waals surface area contributed by atoms with Crippen LogP contribution in [0.4, 0.5) is 4.79 Å². The summed E-state index contributed by atoms with van der Waals surface area (Å²) in [6.07, 6.45) is 0.777. The van der Waals surface area contributed by atoms with Crippen molar-refractivity contribution in [2.75, 3.05) is 32.8 Å². The summed E-state index contributed by atoms with van der Waals surface area (Å²) in [6.45, 7) is 8.84. The maximum atomic E-state index is 12.1. The Morgan fingerprint density at radius 1 is 1.13 bits per heavy atom. The van der Waals surface area contributed by atoms with Gasteiger partial charge in [0, 0.05) is 32.7 Å². The van der Waals surface area contributed by atoms with Crippen molar-refractivity contribution < 1.29 is 14.6 Å². The van der Waals surface area contributed by atoms with Crippen LogP contribution in [-0.2, 0) is 17.9 Å². The minimum absolute atomic E-state index is 0.0808. The van der Waals surface area contributed by atoms with Crippen molar-refractivity contribution in [2.24, 2.45) is 5.92 Å². The number of benzene rings is 1. The molecule has 0 bridgehead atoms. The van der Waals surface area contributed by atoms with Crippen molar-refractivity contribution >= 4 is 6.09 Å². The number of rotatable bonds is 5. The fourth-order valence-corrected chi connectivity index (χ4v) is 2.65. The number of hydrogen-bond acceptors (Lipinski definition) is 4. The van der Waals surface area contributed by atoms with Gasteiger partial charge in [0.25, 0.3) is 0 Å². The molecule has 1 saturated heterocycles. The molecule has 1 heterocycles. The number of ether oxygens (including phenoxy) is 1. The first kappa shape index (κ1) is 17.8. The van der Waals surface area contributed by atoms with Crippen molar-refractivity contribution in [3.8, 4) is 0 Å². The second kappa shape index (κ2) is 8.89. The first-order chi connectivity index (χ1) is 11.1. The fourth-order valence-electron chi connectivity index (χ4n) is 2.65. The smallest absolute Gasteiger partial charge is 0.409 e. The Balaban J connectivity index is 1.81. The molecule has 0 radical (unpaired) electrons. The largest absolute Gasteiger partial charge is 0.449 e. The summed E-state index contributed by atoms with van der Waals surface area (Å²) in [5.41, 5.74) is 2.17. The molecule has 1 amide bonds. The highest BCUT2D eigenvalue weighted by Gasteiger charge is 2.20. The highest BCUT2D eigenvalue weighted by Crippen LogP contribution is 2.11. The predicted octanol–water partition coefficient (Wildman–Crippen LogP) is 2.48. The third-order valence-electron chi connectivity index (χ3n) is 4.00. The molecule has 5 heteroatoms. The van der Waals surface area contributed by atoms with Gasteiger partial charge in [0.15, 0.2) is 0 Å². The van der Waals surface area contributed by atoms with Gasteiger partial charge < -0.3 is 14.7 Å². The summed E-state index contributed by atoms with van der Waals surface area (Å²) in [5, 5.41) is 9.09. The summed E-state index contributed by atoms with van der Waals surface area (Å²) >= 11 is 0. The van der Waals surface area contributed by atoms with E-state index in [0.29, 0.717) is 19.1 Å². The van der Waals surface area contributed by atoms with Gasteiger partial charge in [-0.15, -0.1) is 0 Å². The maximum absolute atomic E-state index is 12.1. The fraction of sp³-hybridized carbons (Fsp3) is 0.611. The van der Waals surface area contributed by atoms with Gasteiger partial charge in [-0.3, -0.25) is 4.90 Å². The zero-order valence-corrected chi connectivity index (χ0v) is 14.2. The molecule has 1 N–H and O–H groups in total. The average molecular weight is 320 g/mol. The van der Waals surface area contributed by atoms with Gasteiger partial charge in [-0.1, -0.05) is 38.1 Å². The number of aliphatic hydroxyl groups is 1. The van der Waals surface area contributed by atoms with Gasteiger partial charge in [0.2, 0.25) is 0 Å². The standard InChI is InChI=1S/C18H28N2O3/c1-15(2)14-23-18(22)20-9-3-8-19(10-11-20)12-16-4-6-17(13-21)7-5-16/h4-7,15,21H,3,8-14H2,1-2H3. The molecule has 128 valence electrons. The molecule has 0 spiro atoms. The van der Waals surface area contributed by atoms with Gasteiger partial charge in [-0.25, -0.2) is 4.79 Å². The van der Waals surface area contributed by atoms with Crippen LogP contribution in [0.5, 0.6) is 0 Å². The van der Waals surface area contributed by atoms with E-state index in [9.17, 15) is 4.79 Å². The van der Waals surface area contributed by atoms with Crippen LogP contribution in [-0.4, -0.2) is 53.8 Å². The van der Waals surface area contributed by atoms with Crippen LogP contribution in [0.2, 0.25) is 0 Å². The van der Waals surface area contributed by atoms with E-state index in [2.05, 4.69) is 17.0 Å². The van der Waals surface area contributed by atoms with Crippen molar-refractivity contribution in [1.29, 1.82) is 0 Å². The number of carbonyl (C=O) groups excluding carboxylic acids is 1. The topological polar surface area (TPSA) is 53.0 Å². The predicted molar refractivity (Wildman–Crippen MR) is 90.0 cm³/mol. The summed E-state index contributed by atoms with van der Waals surface area (Å²) in [4.78, 5) is 16.2. The zero-order chi connectivity index (χ0) is 16.7. The summed E-state index contributed by atoms with van der Waals surface area (Å²) in [7, 11) is 0. The third kappa shape index (κ3) is 5.84. The molecule has 0 saturated carbocycles. The van der Waals surface area contributed by atoms with Gasteiger partial charge in [-0.05, 0) is 23.5 Å². The minimum atomic E-state index is -0.187. The van der Waals surface area contributed by atoms with Crippen LogP contribution in [0.25, 0.3) is 0 Å². The van der Waals surface area contributed by atoms with Crippen molar-refractivity contribution in [3.05, 3.63) is 35.4 Å². The molecule has 0 aliphatic carbocycles. The second-order valence-corrected chi connectivity index (χ2v) is 6.56. The normalized spacial score (nSPS) is 16.4. The second-order valence-electron chi connectivity index (χ2n) is 6.56. The Hall–Kier alpha value is -1.59. The van der Waals surface area contributed by atoms with Crippen molar-refractivity contribution in [2.45, 2.75) is 33.4 Å². The average Bonchev–Trinajstić information content (AvgIpc) is 2.79. The Labute approximate surface area is 138 Å². The van der Waals surface area contributed by atoms with Crippen molar-refractivity contribution in [3.63, 3.8) is 0 Å². The lowest BCUT2D eigenvalue weighted by Crippen LogP contribution is -2.36. The lowest BCUT2D eigenvalue weighted by Gasteiger charge is -2.22. The third-order valence-corrected chi connectivity index (χ3v) is 4.00. The first-order valence-electron chi connectivity index (χ1n) is 8.41. The molecule has 2 rings (SSSR count). The van der Waals surface area contributed by atoms with E-state index in [1.54, 1.807) is 0 Å². The number of carbonyl (C=O) groups is 1. The zero-order valence-electron chi connectivity index (χ0n) is 14.2. The molecule has 1 aromatic rings. The Kier molecular flexibility index (Phi) is 6.86. The lowest BCUT2D eigenvalue weighted by atomic mass is 10.1. The van der Waals surface area contributed by atoms with Crippen LogP contribution >= 0.6 is 0 Å². The summed E-state index contributed by atoms with van der Waals surface area (Å²) in [5.74, 6) is 0.365. The highest BCUT2D eigenvalue weighted by atomic mass is 16.6. The Morgan fingerprint density at radius 2 is 1.83 bits per heavy atom. The molecular formula is C18H28N2O3. The number of aliphatic hydroxyl groups excluding tert-OH is 1. The van der Waals surface area contributed by atoms with E-state index < -0.39 is 0 Å². The van der Waals surface area contributed by atoms with Crippen LogP contribution in [0.15, 0.2) is 24.3 Å². The Bertz CT molecular complexity index is 488. The lowest BCUT2D eigenvalue weighted by molar-refractivity contribution is 0.0930. The minimum Gasteiger partial charge on any atom is -0.449 e. The van der Waals surface area contributed by atoms with Gasteiger partial charge in [-0.2, -0.15) is 0 Å². The molecule has 1 aliphatic rings. The van der Waals surface area contributed by atoms with Crippen LogP contribution in [0, 0.1) is 5.92 Å². The molecule has 5 nitrogen and oxygen atoms in total. The number of amides is 1. The van der Waals surface area contributed by atoms with Crippen LogP contribution in [0.3, 0.4) is 0 Å². The van der Waals surface area contributed by atoms with Gasteiger partial charge in [0.1, 0.15) is 0 Å². The summed E-state index contributed by atoms with van der Waals surface area (Å²) < 4.78 is 5.32. The first-order valence-corrected chi connectivity index (χ1v) is 8.41. The number of hydrogen-bond donors (Lipinski definition) is 1. The van der Waals surface area contributed by atoms with Crippen LogP contribution < -0.4 is 0 Å². The van der Waals surface area contributed by atoms with E-state index >= 15 is 0 Å². The molecule has 1 aromatic carbocycles.